The standard InChI is InChI=1S/C18H24N6S/c1-15-7-9-17(10-8-15)23-13-21(16-5-3-2-4-6-16)14-24(18(23)25)22-11-19-20-12-22/h7-12,16H,2-6,13-14H2,1H3/p+1. The molecule has 1 aromatic heterocycles. The number of thiocarbonyl (C=S) groups is 1. The molecule has 1 saturated carbocycles. The van der Waals surface area contributed by atoms with Crippen LogP contribution in [0.3, 0.4) is 0 Å². The van der Waals surface area contributed by atoms with Crippen molar-refractivity contribution >= 4 is 23.0 Å². The molecular formula is C18H25N6S+. The van der Waals surface area contributed by atoms with E-state index in [4.69, 9.17) is 12.2 Å². The summed E-state index contributed by atoms with van der Waals surface area (Å²) in [6.07, 6.45) is 10.1. The van der Waals surface area contributed by atoms with E-state index in [-0.39, 0.29) is 0 Å². The zero-order chi connectivity index (χ0) is 17.2. The van der Waals surface area contributed by atoms with Crippen molar-refractivity contribution in [2.75, 3.05) is 23.2 Å². The van der Waals surface area contributed by atoms with Gasteiger partial charge >= 0.3 is 0 Å². The van der Waals surface area contributed by atoms with Crippen LogP contribution in [0.15, 0.2) is 36.9 Å². The van der Waals surface area contributed by atoms with Crippen LogP contribution < -0.4 is 14.8 Å². The number of anilines is 1. The van der Waals surface area contributed by atoms with Crippen molar-refractivity contribution in [2.24, 2.45) is 0 Å². The largest absolute Gasteiger partial charge is 0.296 e. The van der Waals surface area contributed by atoms with Gasteiger partial charge in [-0.1, -0.05) is 24.1 Å². The summed E-state index contributed by atoms with van der Waals surface area (Å²) >= 11 is 5.83. The summed E-state index contributed by atoms with van der Waals surface area (Å²) in [6.45, 7) is 3.90. The zero-order valence-corrected chi connectivity index (χ0v) is 15.5. The van der Waals surface area contributed by atoms with Gasteiger partial charge < -0.3 is 0 Å². The molecule has 1 unspecified atom stereocenters. The lowest BCUT2D eigenvalue weighted by molar-refractivity contribution is -0.927. The Morgan fingerprint density at radius 3 is 2.36 bits per heavy atom. The maximum atomic E-state index is 5.83. The van der Waals surface area contributed by atoms with E-state index in [9.17, 15) is 0 Å². The third-order valence-electron chi connectivity index (χ3n) is 5.38. The van der Waals surface area contributed by atoms with Gasteiger partial charge in [-0.25, -0.2) is 9.69 Å². The van der Waals surface area contributed by atoms with E-state index in [1.807, 2.05) is 4.68 Å². The van der Waals surface area contributed by atoms with E-state index in [0.29, 0.717) is 6.04 Å². The average Bonchev–Trinajstić information content (AvgIpc) is 3.18. The molecule has 6 nitrogen and oxygen atoms in total. The molecule has 1 saturated heterocycles. The van der Waals surface area contributed by atoms with Crippen LogP contribution >= 0.6 is 12.2 Å². The van der Waals surface area contributed by atoms with Gasteiger partial charge in [-0.2, -0.15) is 0 Å². The molecule has 4 rings (SSSR count). The predicted octanol–water partition coefficient (Wildman–Crippen LogP) is 1.46. The van der Waals surface area contributed by atoms with Gasteiger partial charge in [-0.3, -0.25) is 9.80 Å². The van der Waals surface area contributed by atoms with Gasteiger partial charge in [0.05, 0.1) is 6.04 Å². The molecular weight excluding hydrogens is 332 g/mol. The quantitative estimate of drug-likeness (QED) is 0.843. The van der Waals surface area contributed by atoms with Crippen molar-refractivity contribution in [2.45, 2.75) is 45.1 Å². The van der Waals surface area contributed by atoms with Crippen molar-refractivity contribution in [1.29, 1.82) is 0 Å². The van der Waals surface area contributed by atoms with Crippen molar-refractivity contribution in [3.8, 4) is 0 Å². The number of rotatable bonds is 3. The second-order valence-corrected chi connectivity index (χ2v) is 7.46. The Morgan fingerprint density at radius 2 is 1.68 bits per heavy atom. The highest BCUT2D eigenvalue weighted by atomic mass is 32.1. The van der Waals surface area contributed by atoms with Gasteiger partial charge in [-0.05, 0) is 57.0 Å². The molecule has 7 heteroatoms. The summed E-state index contributed by atoms with van der Waals surface area (Å²) in [4.78, 5) is 3.82. The van der Waals surface area contributed by atoms with Gasteiger partial charge in [0, 0.05) is 5.69 Å². The zero-order valence-electron chi connectivity index (χ0n) is 14.6. The SMILES string of the molecule is Cc1ccc(N2C[NH+](C3CCCCC3)CN(n3cnnc3)C2=S)cc1. The molecule has 1 aliphatic heterocycles. The van der Waals surface area contributed by atoms with Crippen molar-refractivity contribution in [3.63, 3.8) is 0 Å². The number of nitrogens with zero attached hydrogens (tertiary/aromatic N) is 5. The first-order valence-corrected chi connectivity index (χ1v) is 9.48. The topological polar surface area (TPSA) is 41.6 Å². The first kappa shape index (κ1) is 16.5. The molecule has 1 atom stereocenters. The number of hydrogen-bond donors (Lipinski definition) is 1. The summed E-state index contributed by atoms with van der Waals surface area (Å²) in [5.41, 5.74) is 2.42. The van der Waals surface area contributed by atoms with Gasteiger partial charge in [-0.15, -0.1) is 10.2 Å². The van der Waals surface area contributed by atoms with E-state index < -0.39 is 0 Å². The summed E-state index contributed by atoms with van der Waals surface area (Å²) in [7, 11) is 0. The van der Waals surface area contributed by atoms with Crippen LogP contribution in [0.2, 0.25) is 0 Å². The highest BCUT2D eigenvalue weighted by Gasteiger charge is 2.36. The van der Waals surface area contributed by atoms with Crippen LogP contribution in [-0.4, -0.2) is 39.4 Å². The maximum absolute atomic E-state index is 5.83. The van der Waals surface area contributed by atoms with Crippen LogP contribution in [0.4, 0.5) is 5.69 Å². The Labute approximate surface area is 154 Å². The minimum atomic E-state index is 0.698. The lowest BCUT2D eigenvalue weighted by atomic mass is 9.94. The molecule has 132 valence electrons. The number of quaternary nitrogens is 1. The fourth-order valence-electron chi connectivity index (χ4n) is 3.92. The predicted molar refractivity (Wildman–Crippen MR) is 102 cm³/mol. The Balaban J connectivity index is 1.64. The van der Waals surface area contributed by atoms with E-state index in [2.05, 4.69) is 51.3 Å². The summed E-state index contributed by atoms with van der Waals surface area (Å²) in [5.74, 6) is 0. The monoisotopic (exact) mass is 357 g/mol. The second kappa shape index (κ2) is 7.09. The van der Waals surface area contributed by atoms with E-state index >= 15 is 0 Å². The Hall–Kier alpha value is -1.99. The number of benzene rings is 1. The molecule has 1 aromatic carbocycles. The molecule has 2 aromatic rings. The van der Waals surface area contributed by atoms with Gasteiger partial charge in [0.1, 0.15) is 12.7 Å². The molecule has 25 heavy (non-hydrogen) atoms. The summed E-state index contributed by atoms with van der Waals surface area (Å²) in [5, 5.41) is 10.8. The van der Waals surface area contributed by atoms with Gasteiger partial charge in [0.2, 0.25) is 5.11 Å². The number of hydrogen-bond acceptors (Lipinski definition) is 3. The fraction of sp³-hybridized carbons (Fsp3) is 0.500. The van der Waals surface area contributed by atoms with Crippen molar-refractivity contribution < 1.29 is 4.90 Å². The lowest BCUT2D eigenvalue weighted by Crippen LogP contribution is -3.21. The van der Waals surface area contributed by atoms with Crippen LogP contribution in [0.25, 0.3) is 0 Å². The van der Waals surface area contributed by atoms with E-state index in [1.54, 1.807) is 17.6 Å². The van der Waals surface area contributed by atoms with Gasteiger partial charge in [0.25, 0.3) is 0 Å². The minimum Gasteiger partial charge on any atom is -0.296 e. The van der Waals surface area contributed by atoms with E-state index in [1.165, 1.54) is 37.7 Å². The van der Waals surface area contributed by atoms with Crippen molar-refractivity contribution in [3.05, 3.63) is 42.5 Å². The van der Waals surface area contributed by atoms with Crippen LogP contribution in [0, 0.1) is 6.92 Å². The first-order chi connectivity index (χ1) is 12.2. The average molecular weight is 358 g/mol. The molecule has 0 bridgehead atoms. The lowest BCUT2D eigenvalue weighted by Gasteiger charge is -2.44. The van der Waals surface area contributed by atoms with E-state index in [0.717, 1.165) is 24.1 Å². The molecule has 1 N–H and O–H groups in total. The third-order valence-corrected chi connectivity index (χ3v) is 5.81. The molecule has 0 spiro atoms. The third kappa shape index (κ3) is 3.39. The smallest absolute Gasteiger partial charge is 0.204 e. The number of nitrogens with one attached hydrogen (secondary N) is 1. The van der Waals surface area contributed by atoms with Crippen molar-refractivity contribution in [1.82, 2.24) is 14.9 Å². The Bertz CT molecular complexity index is 708. The molecule has 0 radical (unpaired) electrons. The normalized spacial score (nSPS) is 22.4. The first-order valence-electron chi connectivity index (χ1n) is 9.07. The second-order valence-electron chi connectivity index (χ2n) is 7.10. The highest BCUT2D eigenvalue weighted by molar-refractivity contribution is 7.80. The minimum absolute atomic E-state index is 0.698. The molecule has 1 aliphatic carbocycles. The molecule has 0 amide bonds. The highest BCUT2D eigenvalue weighted by Crippen LogP contribution is 2.19. The molecule has 2 heterocycles. The summed E-state index contributed by atoms with van der Waals surface area (Å²) < 4.78 is 1.91. The molecule has 2 fully saturated rings. The number of aryl methyl sites for hydroxylation is 1. The summed E-state index contributed by atoms with van der Waals surface area (Å²) in [6, 6.07) is 9.32. The maximum Gasteiger partial charge on any atom is 0.204 e. The van der Waals surface area contributed by atoms with Crippen LogP contribution in [-0.2, 0) is 0 Å². The Morgan fingerprint density at radius 1 is 1.00 bits per heavy atom. The Kier molecular flexibility index (Phi) is 4.67. The fourth-order valence-corrected chi connectivity index (χ4v) is 4.24. The number of aromatic nitrogens is 3. The van der Waals surface area contributed by atoms with Crippen LogP contribution in [0.5, 0.6) is 0 Å². The van der Waals surface area contributed by atoms with Gasteiger partial charge in [0.15, 0.2) is 13.3 Å². The molecule has 2 aliphatic rings. The van der Waals surface area contributed by atoms with Crippen LogP contribution in [0.1, 0.15) is 37.7 Å².